The lowest BCUT2D eigenvalue weighted by Gasteiger charge is -2.26. The van der Waals surface area contributed by atoms with E-state index >= 15 is 8.78 Å². The molecule has 14 heteroatoms. The molecule has 0 bridgehead atoms. The lowest BCUT2D eigenvalue weighted by Crippen LogP contribution is -2.42. The second kappa shape index (κ2) is 15.2. The molecule has 44 heavy (non-hydrogen) atoms. The molecule has 0 radical (unpaired) electrons. The number of carbonyl (C=O) groups is 5. The number of ether oxygens (including phenoxy) is 1. The number of carbonyl (C=O) groups excluding carboxylic acids is 4. The monoisotopic (exact) mass is 647 g/mol. The predicted octanol–water partition coefficient (Wildman–Crippen LogP) is 6.10. The standard InChI is InChI=1S/C30H31ClF5NO7/c1-16(2)22(27(42)30(34,35)36)15-23(38)26(17-7-10-21(44-3)11-8-17)37-28(43)18(9-12-25(40)41)13-24(39)29(32,33)19-5-4-6-20(31)14-19/h4-8,10-11,14,16,18,22,26H,9,12-13,15H2,1-3H3,(H,37,43)(H,40,41)/t18-,22+,26+/m1/s1. The molecule has 0 aliphatic rings. The van der Waals surface area contributed by atoms with E-state index < -0.39 is 96.4 Å². The van der Waals surface area contributed by atoms with Crippen molar-refractivity contribution in [1.82, 2.24) is 5.32 Å². The minimum atomic E-state index is -5.23. The van der Waals surface area contributed by atoms with Crippen LogP contribution in [-0.2, 0) is 29.9 Å². The number of carboxylic acid groups (broad SMARTS) is 1. The fourth-order valence-electron chi connectivity index (χ4n) is 4.40. The van der Waals surface area contributed by atoms with Crippen molar-refractivity contribution < 1.29 is 55.8 Å². The summed E-state index contributed by atoms with van der Waals surface area (Å²) >= 11 is 5.76. The van der Waals surface area contributed by atoms with Gasteiger partial charge in [-0.05, 0) is 42.2 Å². The first-order valence-corrected chi connectivity index (χ1v) is 13.7. The predicted molar refractivity (Wildman–Crippen MR) is 148 cm³/mol. The third-order valence-corrected chi connectivity index (χ3v) is 7.18. The van der Waals surface area contributed by atoms with Crippen LogP contribution in [0, 0.1) is 17.8 Å². The summed E-state index contributed by atoms with van der Waals surface area (Å²) in [6.07, 6.45) is -8.58. The zero-order valence-corrected chi connectivity index (χ0v) is 24.7. The van der Waals surface area contributed by atoms with Gasteiger partial charge in [-0.15, -0.1) is 0 Å². The molecule has 2 N–H and O–H groups in total. The van der Waals surface area contributed by atoms with Gasteiger partial charge in [-0.25, -0.2) is 0 Å². The van der Waals surface area contributed by atoms with Crippen molar-refractivity contribution in [1.29, 1.82) is 0 Å². The maximum absolute atomic E-state index is 15.0. The molecule has 0 fully saturated rings. The molecule has 0 heterocycles. The van der Waals surface area contributed by atoms with Gasteiger partial charge >= 0.3 is 18.1 Å². The van der Waals surface area contributed by atoms with Crippen LogP contribution in [0.2, 0.25) is 5.02 Å². The minimum absolute atomic E-state index is 0.0543. The van der Waals surface area contributed by atoms with E-state index in [4.69, 9.17) is 21.4 Å². The van der Waals surface area contributed by atoms with Crippen LogP contribution in [0.3, 0.4) is 0 Å². The number of alkyl halides is 5. The second-order valence-electron chi connectivity index (χ2n) is 10.4. The Labute approximate surface area is 254 Å². The quantitative estimate of drug-likeness (QED) is 0.211. The second-order valence-corrected chi connectivity index (χ2v) is 10.9. The molecule has 8 nitrogen and oxygen atoms in total. The zero-order valence-electron chi connectivity index (χ0n) is 23.9. The Kier molecular flexibility index (Phi) is 12.6. The minimum Gasteiger partial charge on any atom is -0.497 e. The highest BCUT2D eigenvalue weighted by Crippen LogP contribution is 2.34. The van der Waals surface area contributed by atoms with Crippen molar-refractivity contribution in [3.8, 4) is 5.75 Å². The number of hydrogen-bond donors (Lipinski definition) is 2. The summed E-state index contributed by atoms with van der Waals surface area (Å²) in [6, 6.07) is 8.04. The van der Waals surface area contributed by atoms with Crippen molar-refractivity contribution in [3.63, 3.8) is 0 Å². The number of Topliss-reactive ketones (excluding diaryl/α,β-unsaturated/α-hetero) is 3. The molecule has 0 spiro atoms. The number of hydrogen-bond acceptors (Lipinski definition) is 6. The third kappa shape index (κ3) is 9.83. The van der Waals surface area contributed by atoms with E-state index in [2.05, 4.69) is 5.32 Å². The van der Waals surface area contributed by atoms with Crippen molar-refractivity contribution in [2.75, 3.05) is 7.11 Å². The molecule has 1 amide bonds. The number of ketones is 3. The number of rotatable bonds is 16. The van der Waals surface area contributed by atoms with Gasteiger partial charge in [0.25, 0.3) is 0 Å². The molecule has 2 aromatic carbocycles. The van der Waals surface area contributed by atoms with E-state index in [1.165, 1.54) is 57.4 Å². The Balaban J connectivity index is 2.44. The van der Waals surface area contributed by atoms with Crippen LogP contribution >= 0.6 is 11.6 Å². The molecule has 2 rings (SSSR count). The zero-order chi connectivity index (χ0) is 33.4. The van der Waals surface area contributed by atoms with Gasteiger partial charge in [-0.3, -0.25) is 24.0 Å². The Morgan fingerprint density at radius 1 is 0.955 bits per heavy atom. The number of amides is 1. The Morgan fingerprint density at radius 2 is 1.57 bits per heavy atom. The lowest BCUT2D eigenvalue weighted by molar-refractivity contribution is -0.177. The molecule has 2 aromatic rings. The van der Waals surface area contributed by atoms with Crippen LogP contribution in [0.5, 0.6) is 5.75 Å². The fourth-order valence-corrected chi connectivity index (χ4v) is 4.59. The highest BCUT2D eigenvalue weighted by Gasteiger charge is 2.46. The average Bonchev–Trinajstić information content (AvgIpc) is 2.95. The van der Waals surface area contributed by atoms with Gasteiger partial charge in [0.2, 0.25) is 17.5 Å². The summed E-state index contributed by atoms with van der Waals surface area (Å²) in [5.74, 6) is -15.6. The summed E-state index contributed by atoms with van der Waals surface area (Å²) in [7, 11) is 1.35. The average molecular weight is 648 g/mol. The highest BCUT2D eigenvalue weighted by molar-refractivity contribution is 6.30. The molecule has 3 atom stereocenters. The van der Waals surface area contributed by atoms with Crippen molar-refractivity contribution in [2.45, 2.75) is 57.7 Å². The van der Waals surface area contributed by atoms with Gasteiger partial charge in [0.1, 0.15) is 11.8 Å². The van der Waals surface area contributed by atoms with Crippen molar-refractivity contribution in [3.05, 3.63) is 64.7 Å². The highest BCUT2D eigenvalue weighted by atomic mass is 35.5. The van der Waals surface area contributed by atoms with Gasteiger partial charge in [-0.2, -0.15) is 22.0 Å². The Bertz CT molecular complexity index is 1360. The van der Waals surface area contributed by atoms with Crippen LogP contribution in [0.15, 0.2) is 48.5 Å². The van der Waals surface area contributed by atoms with Crippen LogP contribution in [0.1, 0.15) is 56.7 Å². The smallest absolute Gasteiger partial charge is 0.450 e. The van der Waals surface area contributed by atoms with Gasteiger partial charge < -0.3 is 15.2 Å². The van der Waals surface area contributed by atoms with Crippen LogP contribution in [0.25, 0.3) is 0 Å². The molecular formula is C30H31ClF5NO7. The number of halogens is 6. The largest absolute Gasteiger partial charge is 0.497 e. The van der Waals surface area contributed by atoms with Gasteiger partial charge in [0.05, 0.1) is 7.11 Å². The molecule has 0 aromatic heterocycles. The molecule has 0 unspecified atom stereocenters. The molecular weight excluding hydrogens is 617 g/mol. The molecule has 240 valence electrons. The third-order valence-electron chi connectivity index (χ3n) is 6.95. The van der Waals surface area contributed by atoms with E-state index in [1.807, 2.05) is 0 Å². The normalized spacial score (nSPS) is 14.0. The molecule has 0 saturated carbocycles. The van der Waals surface area contributed by atoms with E-state index in [0.717, 1.165) is 12.1 Å². The van der Waals surface area contributed by atoms with Crippen LogP contribution < -0.4 is 10.1 Å². The van der Waals surface area contributed by atoms with Gasteiger partial charge in [0, 0.05) is 41.7 Å². The number of nitrogens with one attached hydrogen (secondary N) is 1. The van der Waals surface area contributed by atoms with E-state index in [0.29, 0.717) is 5.75 Å². The summed E-state index contributed by atoms with van der Waals surface area (Å²) in [6.45, 7) is 2.63. The molecule has 0 aliphatic carbocycles. The first kappa shape index (κ1) is 36.3. The summed E-state index contributed by atoms with van der Waals surface area (Å²) in [5, 5.41) is 11.3. The maximum Gasteiger partial charge on any atom is 0.450 e. The van der Waals surface area contributed by atoms with Gasteiger partial charge in [0.15, 0.2) is 5.78 Å². The van der Waals surface area contributed by atoms with Gasteiger partial charge in [-0.1, -0.05) is 49.7 Å². The summed E-state index contributed by atoms with van der Waals surface area (Å²) < 4.78 is 74.9. The summed E-state index contributed by atoms with van der Waals surface area (Å²) in [4.78, 5) is 62.8. The first-order valence-electron chi connectivity index (χ1n) is 13.4. The summed E-state index contributed by atoms with van der Waals surface area (Å²) in [5.41, 5.74) is -0.702. The SMILES string of the molecule is COc1ccc([C@H](NC(=O)[C@H](CCC(=O)O)CC(=O)C(F)(F)c2cccc(Cl)c2)C(=O)C[C@H](C(=O)C(F)(F)F)C(C)C)cc1. The van der Waals surface area contributed by atoms with E-state index in [1.54, 1.807) is 0 Å². The van der Waals surface area contributed by atoms with E-state index in [9.17, 15) is 37.1 Å². The molecule has 0 aliphatic heterocycles. The van der Waals surface area contributed by atoms with Crippen molar-refractivity contribution in [2.24, 2.45) is 17.8 Å². The Morgan fingerprint density at radius 3 is 2.07 bits per heavy atom. The number of carboxylic acids is 1. The van der Waals surface area contributed by atoms with Crippen molar-refractivity contribution >= 4 is 40.8 Å². The van der Waals surface area contributed by atoms with E-state index in [-0.39, 0.29) is 10.6 Å². The Hall–Kier alpha value is -3.87. The van der Waals surface area contributed by atoms with Crippen LogP contribution in [-0.4, -0.2) is 47.6 Å². The molecule has 0 saturated heterocycles. The number of benzene rings is 2. The number of methoxy groups -OCH3 is 1. The topological polar surface area (TPSA) is 127 Å². The first-order chi connectivity index (χ1) is 20.4. The fraction of sp³-hybridized carbons (Fsp3) is 0.433. The maximum atomic E-state index is 15.0. The lowest BCUT2D eigenvalue weighted by atomic mass is 9.84. The number of aliphatic carboxylic acids is 1. The van der Waals surface area contributed by atoms with Crippen LogP contribution in [0.4, 0.5) is 22.0 Å².